The van der Waals surface area contributed by atoms with Gasteiger partial charge in [0.2, 0.25) is 11.9 Å². The van der Waals surface area contributed by atoms with Gasteiger partial charge in [0.25, 0.3) is 0 Å². The van der Waals surface area contributed by atoms with Crippen LogP contribution in [0.15, 0.2) is 40.9 Å². The number of ketones is 1. The van der Waals surface area contributed by atoms with Crippen molar-refractivity contribution in [1.29, 1.82) is 10.5 Å². The van der Waals surface area contributed by atoms with Crippen LogP contribution in [0.1, 0.15) is 56.9 Å². The fraction of sp³-hybridized carbons (Fsp3) is 0.438. The zero-order valence-corrected chi connectivity index (χ0v) is 25.4. The van der Waals surface area contributed by atoms with Gasteiger partial charge in [-0.05, 0) is 69.3 Å². The first-order chi connectivity index (χ1) is 20.8. The topological polar surface area (TPSA) is 148 Å². The molecule has 0 saturated carbocycles. The van der Waals surface area contributed by atoms with Crippen molar-refractivity contribution in [3.63, 3.8) is 0 Å². The van der Waals surface area contributed by atoms with E-state index in [1.807, 2.05) is 43.3 Å². The van der Waals surface area contributed by atoms with E-state index in [1.54, 1.807) is 17.2 Å². The Morgan fingerprint density at radius 3 is 2.51 bits per heavy atom. The highest BCUT2D eigenvalue weighted by Crippen LogP contribution is 2.31. The summed E-state index contributed by atoms with van der Waals surface area (Å²) in [5, 5.41) is 19.8. The van der Waals surface area contributed by atoms with E-state index in [0.717, 1.165) is 54.4 Å². The third-order valence-corrected chi connectivity index (χ3v) is 6.76. The monoisotopic (exact) mass is 585 g/mol. The molecule has 226 valence electrons. The number of hydrogen-bond acceptors (Lipinski definition) is 10. The van der Waals surface area contributed by atoms with Crippen LogP contribution >= 0.6 is 0 Å². The predicted octanol–water partition coefficient (Wildman–Crippen LogP) is 5.19. The molecule has 3 heterocycles. The number of Topliss-reactive ketones (excluding diaryl/α,β-unsaturated/α-hetero) is 1. The third-order valence-electron chi connectivity index (χ3n) is 6.76. The predicted molar refractivity (Wildman–Crippen MR) is 162 cm³/mol. The average molecular weight is 586 g/mol. The Morgan fingerprint density at radius 1 is 1.14 bits per heavy atom. The summed E-state index contributed by atoms with van der Waals surface area (Å²) in [6.45, 7) is 12.4. The number of likely N-dealkylation sites (N-methyl/N-ethyl adjacent to an activating group) is 1. The van der Waals surface area contributed by atoms with Gasteiger partial charge in [-0.1, -0.05) is 13.8 Å². The zero-order chi connectivity index (χ0) is 31.2. The number of carbonyl (C=O) groups excluding carboxylic acids is 2. The van der Waals surface area contributed by atoms with E-state index in [0.29, 0.717) is 43.5 Å². The van der Waals surface area contributed by atoms with E-state index in [1.165, 1.54) is 6.92 Å². The number of rotatable bonds is 12. The molecule has 0 bridgehead atoms. The Kier molecular flexibility index (Phi) is 12.7. The number of aryl methyl sites for hydroxylation is 1. The lowest BCUT2D eigenvalue weighted by Gasteiger charge is -2.25. The molecule has 0 fully saturated rings. The molecule has 1 N–H and O–H groups in total. The quantitative estimate of drug-likeness (QED) is 0.301. The molecule has 3 aromatic rings. The van der Waals surface area contributed by atoms with Crippen LogP contribution < -0.4 is 10.1 Å². The van der Waals surface area contributed by atoms with Gasteiger partial charge in [0.1, 0.15) is 36.0 Å². The smallest absolute Gasteiger partial charge is 0.237 e. The number of benzene rings is 1. The van der Waals surface area contributed by atoms with Gasteiger partial charge in [-0.25, -0.2) is 9.97 Å². The van der Waals surface area contributed by atoms with Gasteiger partial charge in [-0.3, -0.25) is 9.59 Å². The molecule has 1 aromatic carbocycles. The maximum atomic E-state index is 12.1. The molecule has 2 aromatic heterocycles. The number of anilines is 2. The molecular formula is C32H39N7O4. The zero-order valence-electron chi connectivity index (χ0n) is 25.4. The van der Waals surface area contributed by atoms with Crippen LogP contribution in [0.4, 0.5) is 11.6 Å². The summed E-state index contributed by atoms with van der Waals surface area (Å²) < 4.78 is 12.0. The van der Waals surface area contributed by atoms with Gasteiger partial charge in [0, 0.05) is 43.5 Å². The number of hydrogen-bond donors (Lipinski definition) is 1. The second kappa shape index (κ2) is 16.6. The van der Waals surface area contributed by atoms with E-state index >= 15 is 0 Å². The fourth-order valence-electron chi connectivity index (χ4n) is 4.51. The van der Waals surface area contributed by atoms with Crippen molar-refractivity contribution in [2.45, 2.75) is 59.9 Å². The van der Waals surface area contributed by atoms with Crippen molar-refractivity contribution in [2.24, 2.45) is 0 Å². The summed E-state index contributed by atoms with van der Waals surface area (Å²) in [4.78, 5) is 35.2. The summed E-state index contributed by atoms with van der Waals surface area (Å²) in [5.41, 5.74) is 3.40. The molecular weight excluding hydrogens is 546 g/mol. The van der Waals surface area contributed by atoms with E-state index in [2.05, 4.69) is 29.0 Å². The number of amides is 1. The lowest BCUT2D eigenvalue weighted by atomic mass is 10.1. The molecule has 43 heavy (non-hydrogen) atoms. The number of ether oxygens (including phenoxy) is 1. The lowest BCUT2D eigenvalue weighted by Crippen LogP contribution is -2.35. The molecule has 1 aliphatic rings. The summed E-state index contributed by atoms with van der Waals surface area (Å²) in [6, 6.07) is 13.3. The first-order valence-electron chi connectivity index (χ1n) is 14.5. The van der Waals surface area contributed by atoms with Gasteiger partial charge in [-0.15, -0.1) is 0 Å². The first-order valence-corrected chi connectivity index (χ1v) is 14.5. The van der Waals surface area contributed by atoms with E-state index < -0.39 is 0 Å². The van der Waals surface area contributed by atoms with Crippen molar-refractivity contribution < 1.29 is 18.7 Å². The minimum absolute atomic E-state index is 0.0417. The Labute approximate surface area is 253 Å². The Balaban J connectivity index is 0.000000765. The Morgan fingerprint density at radius 2 is 1.88 bits per heavy atom. The highest BCUT2D eigenvalue weighted by molar-refractivity contribution is 5.78. The number of fused-ring (bicyclic) bond motifs is 1. The number of nitrogens with zero attached hydrogens (tertiary/aromatic N) is 6. The van der Waals surface area contributed by atoms with Crippen molar-refractivity contribution in [1.82, 2.24) is 19.8 Å². The summed E-state index contributed by atoms with van der Waals surface area (Å²) >= 11 is 0. The van der Waals surface area contributed by atoms with Crippen molar-refractivity contribution in [2.75, 3.05) is 38.1 Å². The molecule has 0 radical (unpaired) electrons. The van der Waals surface area contributed by atoms with Crippen LogP contribution in [-0.2, 0) is 22.6 Å². The van der Waals surface area contributed by atoms with Gasteiger partial charge in [0.05, 0.1) is 18.6 Å². The molecule has 0 atom stereocenters. The van der Waals surface area contributed by atoms with Gasteiger partial charge >= 0.3 is 0 Å². The normalized spacial score (nSPS) is 11.9. The van der Waals surface area contributed by atoms with E-state index in [4.69, 9.17) is 24.7 Å². The summed E-state index contributed by atoms with van der Waals surface area (Å²) in [5.74, 6) is 2.57. The van der Waals surface area contributed by atoms with Crippen LogP contribution in [0, 0.1) is 29.6 Å². The first kappa shape index (κ1) is 32.8. The molecule has 0 aliphatic carbocycles. The number of carbonyl (C=O) groups is 2. The SMILES string of the molecule is CC(=O)CC#N.CCCN(CC)CCOc1ccc(Nc2ncc(C)c(-c3cc4c(o3)CCN(C(=O)CC#N)C4)n2)cc1. The fourth-order valence-corrected chi connectivity index (χ4v) is 4.51. The third kappa shape index (κ3) is 9.94. The molecule has 11 heteroatoms. The second-order valence-corrected chi connectivity index (χ2v) is 10.2. The summed E-state index contributed by atoms with van der Waals surface area (Å²) in [7, 11) is 0. The highest BCUT2D eigenvalue weighted by Gasteiger charge is 2.25. The number of nitrogens with one attached hydrogen (secondary N) is 1. The minimum Gasteiger partial charge on any atom is -0.492 e. The standard InChI is InChI=1S/C28H34N6O3.C4H5NO/c1-4-13-33(5-2)15-16-36-23-8-6-22(7-9-23)31-28-30-18-20(3)27(32-28)25-17-21-19-34(26(35)10-12-29)14-11-24(21)37-25;1-4(6)2-3-5/h6-9,17-18H,4-5,10-11,13-16,19H2,1-3H3,(H,30,31,32);2H2,1H3. The molecule has 1 amide bonds. The number of nitriles is 2. The maximum absolute atomic E-state index is 12.1. The largest absolute Gasteiger partial charge is 0.492 e. The van der Waals surface area contributed by atoms with Crippen molar-refractivity contribution in [3.8, 4) is 29.3 Å². The van der Waals surface area contributed by atoms with Crippen LogP contribution in [0.5, 0.6) is 5.75 Å². The van der Waals surface area contributed by atoms with Crippen molar-refractivity contribution in [3.05, 3.63) is 53.4 Å². The molecule has 0 saturated heterocycles. The van der Waals surface area contributed by atoms with E-state index in [-0.39, 0.29) is 24.5 Å². The van der Waals surface area contributed by atoms with Crippen molar-refractivity contribution >= 4 is 23.3 Å². The van der Waals surface area contributed by atoms with Gasteiger partial charge in [-0.2, -0.15) is 10.5 Å². The minimum atomic E-state index is -0.156. The summed E-state index contributed by atoms with van der Waals surface area (Å²) in [6.07, 6.45) is 3.46. The van der Waals surface area contributed by atoms with Crippen LogP contribution in [0.2, 0.25) is 0 Å². The molecule has 11 nitrogen and oxygen atoms in total. The number of furan rings is 1. The second-order valence-electron chi connectivity index (χ2n) is 10.2. The van der Waals surface area contributed by atoms with E-state index in [9.17, 15) is 9.59 Å². The molecule has 0 spiro atoms. The van der Waals surface area contributed by atoms with Crippen LogP contribution in [0.3, 0.4) is 0 Å². The highest BCUT2D eigenvalue weighted by atomic mass is 16.5. The molecule has 1 aliphatic heterocycles. The lowest BCUT2D eigenvalue weighted by molar-refractivity contribution is -0.131. The van der Waals surface area contributed by atoms with Crippen LogP contribution in [-0.4, -0.2) is 64.2 Å². The number of aromatic nitrogens is 2. The Bertz CT molecular complexity index is 1450. The average Bonchev–Trinajstić information content (AvgIpc) is 3.42. The maximum Gasteiger partial charge on any atom is 0.237 e. The van der Waals surface area contributed by atoms with Gasteiger partial charge < -0.3 is 24.3 Å². The molecule has 0 unspecified atom stereocenters. The Hall–Kier alpha value is -4.74. The molecule has 4 rings (SSSR count). The van der Waals surface area contributed by atoms with Gasteiger partial charge in [0.15, 0.2) is 5.76 Å². The van der Waals surface area contributed by atoms with Crippen LogP contribution in [0.25, 0.3) is 11.5 Å².